The van der Waals surface area contributed by atoms with Gasteiger partial charge in [0.15, 0.2) is 5.96 Å². The van der Waals surface area contributed by atoms with Crippen LogP contribution in [-0.2, 0) is 10.0 Å². The Hall–Kier alpha value is -1.87. The fraction of sp³-hybridized carbons (Fsp3) is 0.632. The predicted molar refractivity (Wildman–Crippen MR) is 110 cm³/mol. The lowest BCUT2D eigenvalue weighted by Gasteiger charge is -2.30. The molecule has 158 valence electrons. The Balaban J connectivity index is 1.75. The van der Waals surface area contributed by atoms with Gasteiger partial charge in [-0.1, -0.05) is 13.0 Å². The molecule has 1 unspecified atom stereocenters. The van der Waals surface area contributed by atoms with E-state index in [1.165, 1.54) is 22.7 Å². The standard InChI is InChI=1S/C19H31FN4O3S/c1-4-17(27-18-7-5-6-16(20)12-18)14-23-19(21-2)22-13-15-8-10-24(11-9-15)28(3,25)26/h5-7,12,15,17H,4,8-11,13-14H2,1-3H3,(H2,21,22,23). The third-order valence-electron chi connectivity index (χ3n) is 4.88. The number of hydrogen-bond donors (Lipinski definition) is 2. The van der Waals surface area contributed by atoms with Crippen LogP contribution in [0.2, 0.25) is 0 Å². The second-order valence-corrected chi connectivity index (χ2v) is 9.03. The summed E-state index contributed by atoms with van der Waals surface area (Å²) < 4.78 is 43.8. The highest BCUT2D eigenvalue weighted by Gasteiger charge is 2.24. The summed E-state index contributed by atoms with van der Waals surface area (Å²) in [5.74, 6) is 1.27. The molecule has 1 saturated heterocycles. The number of aliphatic imine (C=N–C) groups is 1. The molecule has 1 atom stereocenters. The molecule has 0 aromatic heterocycles. The molecule has 0 radical (unpaired) electrons. The molecule has 1 aliphatic rings. The fourth-order valence-electron chi connectivity index (χ4n) is 3.12. The number of guanidine groups is 1. The van der Waals surface area contributed by atoms with Crippen LogP contribution in [0.25, 0.3) is 0 Å². The molecule has 0 bridgehead atoms. The van der Waals surface area contributed by atoms with Gasteiger partial charge in [-0.25, -0.2) is 17.1 Å². The van der Waals surface area contributed by atoms with E-state index in [9.17, 15) is 12.8 Å². The van der Waals surface area contributed by atoms with Crippen molar-refractivity contribution in [3.63, 3.8) is 0 Å². The minimum atomic E-state index is -3.10. The Morgan fingerprint density at radius 1 is 1.36 bits per heavy atom. The quantitative estimate of drug-likeness (QED) is 0.501. The number of nitrogens with one attached hydrogen (secondary N) is 2. The first-order valence-electron chi connectivity index (χ1n) is 9.63. The molecule has 28 heavy (non-hydrogen) atoms. The summed E-state index contributed by atoms with van der Waals surface area (Å²) in [6, 6.07) is 6.12. The summed E-state index contributed by atoms with van der Waals surface area (Å²) in [5.41, 5.74) is 0. The van der Waals surface area contributed by atoms with Crippen molar-refractivity contribution in [2.24, 2.45) is 10.9 Å². The molecule has 1 aromatic rings. The van der Waals surface area contributed by atoms with Crippen molar-refractivity contribution in [2.75, 3.05) is 39.5 Å². The summed E-state index contributed by atoms with van der Waals surface area (Å²) in [7, 11) is -1.39. The van der Waals surface area contributed by atoms with Crippen LogP contribution in [-0.4, -0.2) is 64.3 Å². The van der Waals surface area contributed by atoms with E-state index >= 15 is 0 Å². The molecule has 1 heterocycles. The summed E-state index contributed by atoms with van der Waals surface area (Å²) in [4.78, 5) is 4.23. The van der Waals surface area contributed by atoms with E-state index in [0.29, 0.717) is 37.3 Å². The molecule has 1 fully saturated rings. The van der Waals surface area contributed by atoms with E-state index in [1.807, 2.05) is 6.92 Å². The lowest BCUT2D eigenvalue weighted by Crippen LogP contribution is -2.46. The van der Waals surface area contributed by atoms with Crippen molar-refractivity contribution in [3.05, 3.63) is 30.1 Å². The van der Waals surface area contributed by atoms with Crippen LogP contribution >= 0.6 is 0 Å². The van der Waals surface area contributed by atoms with Crippen LogP contribution in [0.4, 0.5) is 4.39 Å². The Morgan fingerprint density at radius 3 is 2.64 bits per heavy atom. The molecule has 0 spiro atoms. The van der Waals surface area contributed by atoms with Crippen molar-refractivity contribution in [3.8, 4) is 5.75 Å². The Morgan fingerprint density at radius 2 is 2.07 bits per heavy atom. The molecule has 7 nitrogen and oxygen atoms in total. The normalized spacial score (nSPS) is 17.9. The predicted octanol–water partition coefficient (Wildman–Crippen LogP) is 1.82. The number of sulfonamides is 1. The number of piperidine rings is 1. The number of hydrogen-bond acceptors (Lipinski definition) is 4. The maximum Gasteiger partial charge on any atom is 0.211 e. The first-order valence-corrected chi connectivity index (χ1v) is 11.5. The Labute approximate surface area is 167 Å². The van der Waals surface area contributed by atoms with E-state index in [-0.39, 0.29) is 11.9 Å². The Kier molecular flexibility index (Phi) is 8.50. The van der Waals surface area contributed by atoms with Gasteiger partial charge in [0.05, 0.1) is 12.8 Å². The molecule has 0 aliphatic carbocycles. The lowest BCUT2D eigenvalue weighted by molar-refractivity contribution is 0.198. The van der Waals surface area contributed by atoms with E-state index in [2.05, 4.69) is 15.6 Å². The zero-order valence-corrected chi connectivity index (χ0v) is 17.6. The molecule has 0 saturated carbocycles. The zero-order chi connectivity index (χ0) is 20.6. The molecule has 1 aromatic carbocycles. The van der Waals surface area contributed by atoms with Gasteiger partial charge < -0.3 is 15.4 Å². The van der Waals surface area contributed by atoms with Crippen molar-refractivity contribution in [2.45, 2.75) is 32.3 Å². The topological polar surface area (TPSA) is 83.0 Å². The van der Waals surface area contributed by atoms with E-state index in [0.717, 1.165) is 25.8 Å². The number of benzene rings is 1. The van der Waals surface area contributed by atoms with Crippen LogP contribution in [0.1, 0.15) is 26.2 Å². The molecular weight excluding hydrogens is 383 g/mol. The maximum atomic E-state index is 13.3. The third kappa shape index (κ3) is 7.27. The van der Waals surface area contributed by atoms with Gasteiger partial charge in [-0.2, -0.15) is 0 Å². The summed E-state index contributed by atoms with van der Waals surface area (Å²) >= 11 is 0. The monoisotopic (exact) mass is 414 g/mol. The molecule has 1 aliphatic heterocycles. The third-order valence-corrected chi connectivity index (χ3v) is 6.18. The first kappa shape index (κ1) is 22.4. The second kappa shape index (κ2) is 10.6. The molecular formula is C19H31FN4O3S. The minimum absolute atomic E-state index is 0.113. The van der Waals surface area contributed by atoms with Gasteiger partial charge >= 0.3 is 0 Å². The number of halogens is 1. The van der Waals surface area contributed by atoms with Gasteiger partial charge in [0.2, 0.25) is 10.0 Å². The van der Waals surface area contributed by atoms with Gasteiger partial charge in [-0.3, -0.25) is 4.99 Å². The van der Waals surface area contributed by atoms with E-state index < -0.39 is 10.0 Å². The number of nitrogens with zero attached hydrogens (tertiary/aromatic N) is 2. The number of ether oxygens (including phenoxy) is 1. The summed E-state index contributed by atoms with van der Waals surface area (Å²) in [5, 5.41) is 6.54. The highest BCUT2D eigenvalue weighted by atomic mass is 32.2. The van der Waals surface area contributed by atoms with Gasteiger partial charge in [0.1, 0.15) is 17.7 Å². The zero-order valence-electron chi connectivity index (χ0n) is 16.8. The van der Waals surface area contributed by atoms with Gasteiger partial charge in [-0.15, -0.1) is 0 Å². The van der Waals surface area contributed by atoms with Crippen LogP contribution in [0.5, 0.6) is 5.75 Å². The van der Waals surface area contributed by atoms with Crippen molar-refractivity contribution in [1.29, 1.82) is 0 Å². The van der Waals surface area contributed by atoms with Crippen LogP contribution in [0.3, 0.4) is 0 Å². The maximum absolute atomic E-state index is 13.3. The smallest absolute Gasteiger partial charge is 0.211 e. The van der Waals surface area contributed by atoms with Crippen LogP contribution in [0.15, 0.2) is 29.3 Å². The average molecular weight is 415 g/mol. The molecule has 0 amide bonds. The van der Waals surface area contributed by atoms with Gasteiger partial charge in [-0.05, 0) is 37.3 Å². The second-order valence-electron chi connectivity index (χ2n) is 7.04. The van der Waals surface area contributed by atoms with Crippen molar-refractivity contribution < 1.29 is 17.5 Å². The SMILES string of the molecule is CCC(CNC(=NC)NCC1CCN(S(C)(=O)=O)CC1)Oc1cccc(F)c1. The van der Waals surface area contributed by atoms with Crippen LogP contribution in [0, 0.1) is 11.7 Å². The lowest BCUT2D eigenvalue weighted by atomic mass is 9.98. The van der Waals surface area contributed by atoms with Gasteiger partial charge in [0, 0.05) is 32.7 Å². The van der Waals surface area contributed by atoms with Gasteiger partial charge in [0.25, 0.3) is 0 Å². The largest absolute Gasteiger partial charge is 0.489 e. The average Bonchev–Trinajstić information content (AvgIpc) is 2.66. The van der Waals surface area contributed by atoms with Crippen molar-refractivity contribution >= 4 is 16.0 Å². The van der Waals surface area contributed by atoms with E-state index in [1.54, 1.807) is 19.2 Å². The van der Waals surface area contributed by atoms with E-state index in [4.69, 9.17) is 4.74 Å². The summed E-state index contributed by atoms with van der Waals surface area (Å²) in [6.07, 6.45) is 3.57. The van der Waals surface area contributed by atoms with Crippen LogP contribution < -0.4 is 15.4 Å². The summed E-state index contributed by atoms with van der Waals surface area (Å²) in [6.45, 7) is 4.42. The fourth-order valence-corrected chi connectivity index (χ4v) is 3.99. The first-order chi connectivity index (χ1) is 13.3. The highest BCUT2D eigenvalue weighted by Crippen LogP contribution is 2.18. The highest BCUT2D eigenvalue weighted by molar-refractivity contribution is 7.88. The molecule has 2 rings (SSSR count). The Bertz CT molecular complexity index is 749. The van der Waals surface area contributed by atoms with Crippen molar-refractivity contribution in [1.82, 2.24) is 14.9 Å². The molecule has 9 heteroatoms. The minimum Gasteiger partial charge on any atom is -0.489 e. The number of rotatable bonds is 8. The molecule has 2 N–H and O–H groups in total.